The fourth-order valence-electron chi connectivity index (χ4n) is 1.29. The van der Waals surface area contributed by atoms with Crippen LogP contribution >= 0.6 is 0 Å². The number of hydrogen-bond acceptors (Lipinski definition) is 3. The molecule has 0 aromatic carbocycles. The molecule has 0 saturated carbocycles. The molecule has 1 atom stereocenters. The lowest BCUT2D eigenvalue weighted by Crippen LogP contribution is -2.32. The monoisotopic (exact) mass is 197 g/mol. The highest BCUT2D eigenvalue weighted by Gasteiger charge is 2.07. The van der Waals surface area contributed by atoms with E-state index in [0.29, 0.717) is 19.0 Å². The van der Waals surface area contributed by atoms with E-state index in [1.165, 1.54) is 0 Å². The van der Waals surface area contributed by atoms with Gasteiger partial charge in [0.15, 0.2) is 0 Å². The molecular formula is C10H19N3O. The van der Waals surface area contributed by atoms with Crippen LogP contribution in [0.1, 0.15) is 19.4 Å². The number of aliphatic hydroxyl groups excluding tert-OH is 1. The standard InChI is InChI=1S/C10H19N3O/c1-8(2)11-6-10(14)4-9-5-12-13(3)7-9/h5,7-8,10-11,14H,4,6H2,1-3H3. The summed E-state index contributed by atoms with van der Waals surface area (Å²) >= 11 is 0. The smallest absolute Gasteiger partial charge is 0.0706 e. The lowest BCUT2D eigenvalue weighted by molar-refractivity contribution is 0.169. The molecule has 1 unspecified atom stereocenters. The summed E-state index contributed by atoms with van der Waals surface area (Å²) in [5, 5.41) is 16.9. The summed E-state index contributed by atoms with van der Waals surface area (Å²) in [6.45, 7) is 4.76. The van der Waals surface area contributed by atoms with Crippen molar-refractivity contribution in [3.05, 3.63) is 18.0 Å². The molecule has 0 aliphatic heterocycles. The molecule has 0 fully saturated rings. The number of aliphatic hydroxyl groups is 1. The van der Waals surface area contributed by atoms with E-state index in [9.17, 15) is 5.11 Å². The van der Waals surface area contributed by atoms with Gasteiger partial charge in [-0.2, -0.15) is 5.10 Å². The van der Waals surface area contributed by atoms with Gasteiger partial charge in [-0.3, -0.25) is 4.68 Å². The molecule has 2 N–H and O–H groups in total. The van der Waals surface area contributed by atoms with Crippen molar-refractivity contribution in [2.45, 2.75) is 32.4 Å². The van der Waals surface area contributed by atoms with E-state index in [0.717, 1.165) is 5.56 Å². The summed E-state index contributed by atoms with van der Waals surface area (Å²) in [7, 11) is 1.88. The minimum atomic E-state index is -0.332. The van der Waals surface area contributed by atoms with Crippen LogP contribution in [-0.4, -0.2) is 33.6 Å². The van der Waals surface area contributed by atoms with E-state index < -0.39 is 0 Å². The van der Waals surface area contributed by atoms with Crippen LogP contribution < -0.4 is 5.32 Å². The quantitative estimate of drug-likeness (QED) is 0.715. The van der Waals surface area contributed by atoms with Gasteiger partial charge in [0.05, 0.1) is 12.3 Å². The van der Waals surface area contributed by atoms with Crippen molar-refractivity contribution in [1.29, 1.82) is 0 Å². The SMILES string of the molecule is CC(C)NCC(O)Cc1cnn(C)c1. The molecule has 0 bridgehead atoms. The highest BCUT2D eigenvalue weighted by Crippen LogP contribution is 2.01. The fourth-order valence-corrected chi connectivity index (χ4v) is 1.29. The Kier molecular flexibility index (Phi) is 4.10. The first-order valence-electron chi connectivity index (χ1n) is 4.97. The van der Waals surface area contributed by atoms with Gasteiger partial charge in [0.25, 0.3) is 0 Å². The lowest BCUT2D eigenvalue weighted by atomic mass is 10.1. The fraction of sp³-hybridized carbons (Fsp3) is 0.700. The minimum absolute atomic E-state index is 0.332. The van der Waals surface area contributed by atoms with E-state index in [-0.39, 0.29) is 6.10 Å². The Morgan fingerprint density at radius 3 is 2.79 bits per heavy atom. The Bertz CT molecular complexity index is 270. The molecule has 1 rings (SSSR count). The van der Waals surface area contributed by atoms with Gasteiger partial charge >= 0.3 is 0 Å². The second-order valence-electron chi connectivity index (χ2n) is 3.94. The summed E-state index contributed by atoms with van der Waals surface area (Å²) in [6.07, 6.45) is 4.05. The van der Waals surface area contributed by atoms with Gasteiger partial charge < -0.3 is 10.4 Å². The maximum Gasteiger partial charge on any atom is 0.0706 e. The molecule has 4 nitrogen and oxygen atoms in total. The molecule has 1 aromatic heterocycles. The second kappa shape index (κ2) is 5.12. The van der Waals surface area contributed by atoms with Crippen molar-refractivity contribution in [3.63, 3.8) is 0 Å². The molecule has 80 valence electrons. The summed E-state index contributed by atoms with van der Waals surface area (Å²) in [5.74, 6) is 0. The number of rotatable bonds is 5. The summed E-state index contributed by atoms with van der Waals surface area (Å²) < 4.78 is 1.75. The maximum absolute atomic E-state index is 9.66. The molecule has 0 amide bonds. The topological polar surface area (TPSA) is 50.1 Å². The van der Waals surface area contributed by atoms with Gasteiger partial charge in [-0.15, -0.1) is 0 Å². The van der Waals surface area contributed by atoms with Crippen LogP contribution in [0, 0.1) is 0 Å². The third kappa shape index (κ3) is 3.89. The van der Waals surface area contributed by atoms with Crippen LogP contribution in [0.25, 0.3) is 0 Å². The highest BCUT2D eigenvalue weighted by atomic mass is 16.3. The molecule has 14 heavy (non-hydrogen) atoms. The first-order chi connectivity index (χ1) is 6.58. The Labute approximate surface area is 84.9 Å². The molecule has 0 saturated heterocycles. The number of nitrogens with zero attached hydrogens (tertiary/aromatic N) is 2. The molecule has 1 heterocycles. The average molecular weight is 197 g/mol. The molecular weight excluding hydrogens is 178 g/mol. The Morgan fingerprint density at radius 1 is 1.57 bits per heavy atom. The van der Waals surface area contributed by atoms with Gasteiger partial charge in [0.1, 0.15) is 0 Å². The summed E-state index contributed by atoms with van der Waals surface area (Å²) in [4.78, 5) is 0. The minimum Gasteiger partial charge on any atom is -0.391 e. The van der Waals surface area contributed by atoms with Crippen LogP contribution in [0.5, 0.6) is 0 Å². The molecule has 4 heteroatoms. The third-order valence-electron chi connectivity index (χ3n) is 1.99. The van der Waals surface area contributed by atoms with Crippen molar-refractivity contribution in [2.75, 3.05) is 6.54 Å². The molecule has 0 spiro atoms. The van der Waals surface area contributed by atoms with Crippen LogP contribution in [0.15, 0.2) is 12.4 Å². The number of aryl methyl sites for hydroxylation is 1. The van der Waals surface area contributed by atoms with Crippen molar-refractivity contribution in [2.24, 2.45) is 7.05 Å². The zero-order valence-corrected chi connectivity index (χ0v) is 9.07. The zero-order valence-electron chi connectivity index (χ0n) is 9.07. The lowest BCUT2D eigenvalue weighted by Gasteiger charge is -2.12. The van der Waals surface area contributed by atoms with E-state index in [1.54, 1.807) is 10.9 Å². The predicted octanol–water partition coefficient (Wildman–Crippen LogP) is 0.321. The Hall–Kier alpha value is -0.870. The van der Waals surface area contributed by atoms with Crippen LogP contribution in [0.2, 0.25) is 0 Å². The van der Waals surface area contributed by atoms with Crippen molar-refractivity contribution in [3.8, 4) is 0 Å². The maximum atomic E-state index is 9.66. The number of aromatic nitrogens is 2. The van der Waals surface area contributed by atoms with E-state index in [1.807, 2.05) is 13.2 Å². The molecule has 0 radical (unpaired) electrons. The van der Waals surface area contributed by atoms with Gasteiger partial charge in [0, 0.05) is 32.3 Å². The largest absolute Gasteiger partial charge is 0.391 e. The molecule has 1 aromatic rings. The van der Waals surface area contributed by atoms with Crippen molar-refractivity contribution >= 4 is 0 Å². The van der Waals surface area contributed by atoms with Gasteiger partial charge in [-0.1, -0.05) is 13.8 Å². The van der Waals surface area contributed by atoms with Crippen molar-refractivity contribution in [1.82, 2.24) is 15.1 Å². The molecule has 0 aliphatic rings. The molecule has 0 aliphatic carbocycles. The van der Waals surface area contributed by atoms with Crippen molar-refractivity contribution < 1.29 is 5.11 Å². The van der Waals surface area contributed by atoms with Gasteiger partial charge in [-0.05, 0) is 5.56 Å². The van der Waals surface area contributed by atoms with E-state index >= 15 is 0 Å². The average Bonchev–Trinajstić information content (AvgIpc) is 2.48. The Morgan fingerprint density at radius 2 is 2.29 bits per heavy atom. The summed E-state index contributed by atoms with van der Waals surface area (Å²) in [6, 6.07) is 0.415. The summed E-state index contributed by atoms with van der Waals surface area (Å²) in [5.41, 5.74) is 1.07. The van der Waals surface area contributed by atoms with Crippen LogP contribution in [0.4, 0.5) is 0 Å². The zero-order chi connectivity index (χ0) is 10.6. The van der Waals surface area contributed by atoms with Gasteiger partial charge in [-0.25, -0.2) is 0 Å². The van der Waals surface area contributed by atoms with Gasteiger partial charge in [0.2, 0.25) is 0 Å². The predicted molar refractivity (Wildman–Crippen MR) is 56.1 cm³/mol. The number of hydrogen-bond donors (Lipinski definition) is 2. The van der Waals surface area contributed by atoms with E-state index in [4.69, 9.17) is 0 Å². The normalized spacial score (nSPS) is 13.5. The van der Waals surface area contributed by atoms with E-state index in [2.05, 4.69) is 24.3 Å². The number of nitrogens with one attached hydrogen (secondary N) is 1. The van der Waals surface area contributed by atoms with Crippen LogP contribution in [-0.2, 0) is 13.5 Å². The third-order valence-corrected chi connectivity index (χ3v) is 1.99. The first-order valence-corrected chi connectivity index (χ1v) is 4.97. The first kappa shape index (κ1) is 11.2. The Balaban J connectivity index is 2.30. The second-order valence-corrected chi connectivity index (χ2v) is 3.94. The highest BCUT2D eigenvalue weighted by molar-refractivity contribution is 5.05. The van der Waals surface area contributed by atoms with Crippen LogP contribution in [0.3, 0.4) is 0 Å².